The Morgan fingerprint density at radius 1 is 1.19 bits per heavy atom. The van der Waals surface area contributed by atoms with Crippen LogP contribution in [0.2, 0.25) is 0 Å². The highest BCUT2D eigenvalue weighted by Crippen LogP contribution is 2.39. The molecule has 0 bridgehead atoms. The van der Waals surface area contributed by atoms with Gasteiger partial charge in [-0.15, -0.1) is 0 Å². The number of benzene rings is 2. The van der Waals surface area contributed by atoms with E-state index >= 15 is 0 Å². The van der Waals surface area contributed by atoms with Gasteiger partial charge in [0.25, 0.3) is 0 Å². The second-order valence-corrected chi connectivity index (χ2v) is 7.21. The van der Waals surface area contributed by atoms with E-state index < -0.39 is 0 Å². The predicted octanol–water partition coefficient (Wildman–Crippen LogP) is 5.33. The molecule has 1 atom stereocenters. The number of fused-ring (bicyclic) bond motifs is 1. The SMILES string of the molecule is Cc1ccc(F)c(C(Br)c2ccc3c(c2)CC(C)(C)O3)c1. The van der Waals surface area contributed by atoms with Crippen molar-refractivity contribution >= 4 is 15.9 Å². The highest BCUT2D eigenvalue weighted by Gasteiger charge is 2.30. The van der Waals surface area contributed by atoms with Gasteiger partial charge in [-0.2, -0.15) is 0 Å². The van der Waals surface area contributed by atoms with Gasteiger partial charge in [-0.05, 0) is 44.0 Å². The minimum absolute atomic E-state index is 0.147. The van der Waals surface area contributed by atoms with Crippen LogP contribution in [0.25, 0.3) is 0 Å². The fourth-order valence-corrected chi connectivity index (χ4v) is 3.46. The van der Waals surface area contributed by atoms with Gasteiger partial charge in [0.15, 0.2) is 0 Å². The van der Waals surface area contributed by atoms with Crippen LogP contribution in [0.15, 0.2) is 36.4 Å². The van der Waals surface area contributed by atoms with Crippen LogP contribution in [-0.2, 0) is 6.42 Å². The molecule has 1 aliphatic heterocycles. The van der Waals surface area contributed by atoms with Crippen LogP contribution >= 0.6 is 15.9 Å². The molecule has 1 nitrogen and oxygen atoms in total. The Morgan fingerprint density at radius 2 is 1.95 bits per heavy atom. The van der Waals surface area contributed by atoms with Crippen molar-refractivity contribution in [2.75, 3.05) is 0 Å². The first-order valence-corrected chi connectivity index (χ1v) is 7.99. The summed E-state index contributed by atoms with van der Waals surface area (Å²) in [5.74, 6) is 0.757. The molecule has 0 radical (unpaired) electrons. The lowest BCUT2D eigenvalue weighted by Gasteiger charge is -2.16. The molecule has 110 valence electrons. The zero-order valence-electron chi connectivity index (χ0n) is 12.4. The maximum atomic E-state index is 14.0. The van der Waals surface area contributed by atoms with E-state index in [0.717, 1.165) is 23.3 Å². The van der Waals surface area contributed by atoms with Crippen molar-refractivity contribution in [1.29, 1.82) is 0 Å². The first-order valence-electron chi connectivity index (χ1n) is 7.08. The Kier molecular flexibility index (Phi) is 3.56. The van der Waals surface area contributed by atoms with E-state index in [1.54, 1.807) is 6.07 Å². The van der Waals surface area contributed by atoms with Gasteiger partial charge in [-0.1, -0.05) is 45.8 Å². The zero-order valence-corrected chi connectivity index (χ0v) is 14.0. The first kappa shape index (κ1) is 14.6. The molecule has 2 aromatic carbocycles. The van der Waals surface area contributed by atoms with Crippen molar-refractivity contribution in [3.05, 3.63) is 64.5 Å². The second kappa shape index (κ2) is 5.13. The number of hydrogen-bond donors (Lipinski definition) is 0. The summed E-state index contributed by atoms with van der Waals surface area (Å²) in [4.78, 5) is -0.147. The van der Waals surface area contributed by atoms with Crippen molar-refractivity contribution in [3.63, 3.8) is 0 Å². The minimum Gasteiger partial charge on any atom is -0.487 e. The Labute approximate surface area is 133 Å². The number of alkyl halides is 1. The maximum Gasteiger partial charge on any atom is 0.127 e. The van der Waals surface area contributed by atoms with Crippen molar-refractivity contribution in [3.8, 4) is 5.75 Å². The van der Waals surface area contributed by atoms with E-state index in [1.165, 1.54) is 11.6 Å². The zero-order chi connectivity index (χ0) is 15.2. The predicted molar refractivity (Wildman–Crippen MR) is 86.8 cm³/mol. The summed E-state index contributed by atoms with van der Waals surface area (Å²) in [7, 11) is 0. The van der Waals surface area contributed by atoms with Gasteiger partial charge in [-0.25, -0.2) is 4.39 Å². The molecule has 0 N–H and O–H groups in total. The molecule has 1 heterocycles. The first-order chi connectivity index (χ1) is 9.85. The summed E-state index contributed by atoms with van der Waals surface area (Å²) in [6.07, 6.45) is 0.881. The molecular weight excluding hydrogens is 331 g/mol. The van der Waals surface area contributed by atoms with Crippen LogP contribution in [0, 0.1) is 12.7 Å². The van der Waals surface area contributed by atoms with Crippen LogP contribution in [0.5, 0.6) is 5.75 Å². The maximum absolute atomic E-state index is 14.0. The van der Waals surface area contributed by atoms with Crippen molar-refractivity contribution in [2.45, 2.75) is 37.6 Å². The molecular formula is C18H18BrFO. The van der Waals surface area contributed by atoms with Crippen molar-refractivity contribution < 1.29 is 9.13 Å². The average molecular weight is 349 g/mol. The molecule has 2 aromatic rings. The Hall–Kier alpha value is -1.35. The lowest BCUT2D eigenvalue weighted by Crippen LogP contribution is -2.24. The van der Waals surface area contributed by atoms with Gasteiger partial charge in [-0.3, -0.25) is 0 Å². The Balaban J connectivity index is 1.97. The average Bonchev–Trinajstić information content (AvgIpc) is 2.73. The Morgan fingerprint density at radius 3 is 2.71 bits per heavy atom. The van der Waals surface area contributed by atoms with Gasteiger partial charge >= 0.3 is 0 Å². The highest BCUT2D eigenvalue weighted by molar-refractivity contribution is 9.09. The third-order valence-corrected chi connectivity index (χ3v) is 4.83. The molecule has 3 rings (SSSR count). The number of aryl methyl sites for hydroxylation is 1. The van der Waals surface area contributed by atoms with Gasteiger partial charge in [0.2, 0.25) is 0 Å². The fourth-order valence-electron chi connectivity index (χ4n) is 2.82. The molecule has 1 aliphatic rings. The molecule has 1 unspecified atom stereocenters. The van der Waals surface area contributed by atoms with E-state index in [1.807, 2.05) is 25.1 Å². The van der Waals surface area contributed by atoms with E-state index in [2.05, 4.69) is 35.8 Å². The second-order valence-electron chi connectivity index (χ2n) is 6.29. The third-order valence-electron chi connectivity index (χ3n) is 3.80. The lowest BCUT2D eigenvalue weighted by atomic mass is 9.97. The number of hydrogen-bond acceptors (Lipinski definition) is 1. The lowest BCUT2D eigenvalue weighted by molar-refractivity contribution is 0.138. The van der Waals surface area contributed by atoms with Gasteiger partial charge in [0.1, 0.15) is 17.2 Å². The van der Waals surface area contributed by atoms with Gasteiger partial charge in [0, 0.05) is 12.0 Å². The quantitative estimate of drug-likeness (QED) is 0.666. The summed E-state index contributed by atoms with van der Waals surface area (Å²) in [5, 5.41) is 0. The number of ether oxygens (including phenoxy) is 1. The fraction of sp³-hybridized carbons (Fsp3) is 0.333. The van der Waals surface area contributed by atoms with E-state index in [0.29, 0.717) is 5.56 Å². The van der Waals surface area contributed by atoms with Crippen LogP contribution in [0.3, 0.4) is 0 Å². The van der Waals surface area contributed by atoms with Crippen molar-refractivity contribution in [1.82, 2.24) is 0 Å². The summed E-state index contributed by atoms with van der Waals surface area (Å²) in [6.45, 7) is 6.14. The smallest absolute Gasteiger partial charge is 0.127 e. The van der Waals surface area contributed by atoms with Crippen LogP contribution < -0.4 is 4.74 Å². The topological polar surface area (TPSA) is 9.23 Å². The largest absolute Gasteiger partial charge is 0.487 e. The van der Waals surface area contributed by atoms with Crippen molar-refractivity contribution in [2.24, 2.45) is 0 Å². The van der Waals surface area contributed by atoms with E-state index in [-0.39, 0.29) is 16.2 Å². The molecule has 3 heteroatoms. The van der Waals surface area contributed by atoms with Gasteiger partial charge < -0.3 is 4.74 Å². The van der Waals surface area contributed by atoms with Gasteiger partial charge in [0.05, 0.1) is 4.83 Å². The standard InChI is InChI=1S/C18H18BrFO/c1-11-4-6-15(20)14(8-11)17(19)12-5-7-16-13(9-12)10-18(2,3)21-16/h4-9,17H,10H2,1-3H3. The summed E-state index contributed by atoms with van der Waals surface area (Å²) < 4.78 is 19.9. The third kappa shape index (κ3) is 2.84. The minimum atomic E-state index is -0.181. The molecule has 0 spiro atoms. The molecule has 0 saturated carbocycles. The number of rotatable bonds is 2. The number of halogens is 2. The molecule has 0 saturated heterocycles. The van der Waals surface area contributed by atoms with Crippen LogP contribution in [0.1, 0.15) is 40.9 Å². The monoisotopic (exact) mass is 348 g/mol. The molecule has 0 amide bonds. The molecule has 21 heavy (non-hydrogen) atoms. The van der Waals surface area contributed by atoms with Crippen LogP contribution in [-0.4, -0.2) is 5.60 Å². The highest BCUT2D eigenvalue weighted by atomic mass is 79.9. The van der Waals surface area contributed by atoms with Crippen LogP contribution in [0.4, 0.5) is 4.39 Å². The summed E-state index contributed by atoms with van der Waals surface area (Å²) in [6, 6.07) is 11.3. The van der Waals surface area contributed by atoms with E-state index in [4.69, 9.17) is 4.74 Å². The Bertz CT molecular complexity index is 694. The van der Waals surface area contributed by atoms with E-state index in [9.17, 15) is 4.39 Å². The molecule has 0 aliphatic carbocycles. The summed E-state index contributed by atoms with van der Waals surface area (Å²) in [5.41, 5.74) is 3.82. The molecule has 0 fully saturated rings. The molecule has 0 aromatic heterocycles. The summed E-state index contributed by atoms with van der Waals surface area (Å²) >= 11 is 3.64. The normalized spacial score (nSPS) is 17.2.